The zero-order valence-electron chi connectivity index (χ0n) is 5.75. The van der Waals surface area contributed by atoms with Crippen LogP contribution in [0.2, 0.25) is 0 Å². The summed E-state index contributed by atoms with van der Waals surface area (Å²) < 4.78 is 17.2. The molecule has 0 aliphatic rings. The average molecular weight is 156 g/mol. The first-order valence-electron chi connectivity index (χ1n) is 3.10. The first kappa shape index (κ1) is 7.94. The fourth-order valence-electron chi connectivity index (χ4n) is 0.594. The zero-order chi connectivity index (χ0) is 8.10. The minimum atomic E-state index is -0.569. The van der Waals surface area contributed by atoms with Crippen LogP contribution in [-0.4, -0.2) is 23.3 Å². The van der Waals surface area contributed by atoms with Gasteiger partial charge >= 0.3 is 0 Å². The molecule has 0 bridgehead atoms. The molecule has 1 rings (SSSR count). The Morgan fingerprint density at radius 1 is 1.73 bits per heavy atom. The summed E-state index contributed by atoms with van der Waals surface area (Å²) in [6.07, 6.45) is 3.42. The molecule has 1 N–H and O–H groups in total. The summed E-state index contributed by atoms with van der Waals surface area (Å²) in [6, 6.07) is 1.16. The lowest BCUT2D eigenvalue weighted by atomic mass is 10.4. The molecule has 59 valence electrons. The molecule has 0 saturated heterocycles. The smallest absolute Gasteiger partial charge is 0.154 e. The van der Waals surface area contributed by atoms with Gasteiger partial charge in [-0.15, -0.1) is 0 Å². The quantitative estimate of drug-likeness (QED) is 0.688. The lowest BCUT2D eigenvalue weighted by Gasteiger charge is -2.01. The standard InChI is InChI=1S/C7H7FNO2/c8-6-3-7(5-9-4-6)11-2-1-10/h3,5,10H,1-2H2. The van der Waals surface area contributed by atoms with Crippen LogP contribution >= 0.6 is 0 Å². The molecule has 1 heterocycles. The van der Waals surface area contributed by atoms with E-state index in [2.05, 4.69) is 11.2 Å². The minimum absolute atomic E-state index is 0.0970. The van der Waals surface area contributed by atoms with Crippen LogP contribution in [0.5, 0.6) is 5.75 Å². The first-order valence-corrected chi connectivity index (χ1v) is 3.10. The van der Waals surface area contributed by atoms with Crippen molar-refractivity contribution in [2.45, 2.75) is 0 Å². The Kier molecular flexibility index (Phi) is 2.80. The number of pyridine rings is 1. The third-order valence-corrected chi connectivity index (χ3v) is 0.992. The minimum Gasteiger partial charge on any atom is -0.489 e. The van der Waals surface area contributed by atoms with Gasteiger partial charge in [0.25, 0.3) is 0 Å². The molecule has 1 aromatic rings. The second kappa shape index (κ2) is 3.88. The fraction of sp³-hybridized carbons (Fsp3) is 0.286. The summed E-state index contributed by atoms with van der Waals surface area (Å²) in [6.45, 7) is 0.0470. The Morgan fingerprint density at radius 3 is 3.18 bits per heavy atom. The van der Waals surface area contributed by atoms with E-state index in [0.717, 1.165) is 6.07 Å². The summed E-state index contributed by atoms with van der Waals surface area (Å²) >= 11 is 0. The maximum atomic E-state index is 12.3. The van der Waals surface area contributed by atoms with Crippen molar-refractivity contribution in [1.29, 1.82) is 0 Å². The van der Waals surface area contributed by atoms with Gasteiger partial charge in [-0.05, 0) is 0 Å². The molecule has 0 unspecified atom stereocenters. The summed E-state index contributed by atoms with van der Waals surface area (Å²) in [4.78, 5) is 3.43. The SMILES string of the molecule is OCCOc1cn[c]c(F)c1. The highest BCUT2D eigenvalue weighted by Crippen LogP contribution is 2.08. The largest absolute Gasteiger partial charge is 0.489 e. The molecule has 1 radical (unpaired) electrons. The van der Waals surface area contributed by atoms with E-state index in [4.69, 9.17) is 9.84 Å². The van der Waals surface area contributed by atoms with E-state index in [9.17, 15) is 4.39 Å². The molecule has 0 aromatic carbocycles. The lowest BCUT2D eigenvalue weighted by Crippen LogP contribution is -2.01. The van der Waals surface area contributed by atoms with Gasteiger partial charge in [-0.25, -0.2) is 9.37 Å². The van der Waals surface area contributed by atoms with Gasteiger partial charge in [0.15, 0.2) is 5.82 Å². The summed E-state index contributed by atoms with van der Waals surface area (Å²) in [5, 5.41) is 8.35. The van der Waals surface area contributed by atoms with Crippen LogP contribution in [-0.2, 0) is 0 Å². The molecule has 0 atom stereocenters. The number of hydrogen-bond donors (Lipinski definition) is 1. The van der Waals surface area contributed by atoms with Gasteiger partial charge in [0, 0.05) is 6.07 Å². The molecular weight excluding hydrogens is 149 g/mol. The highest BCUT2D eigenvalue weighted by atomic mass is 19.1. The third kappa shape index (κ3) is 2.51. The molecule has 0 amide bonds. The van der Waals surface area contributed by atoms with Crippen molar-refractivity contribution in [3.8, 4) is 5.75 Å². The molecule has 11 heavy (non-hydrogen) atoms. The monoisotopic (exact) mass is 156 g/mol. The highest BCUT2D eigenvalue weighted by Gasteiger charge is 1.95. The highest BCUT2D eigenvalue weighted by molar-refractivity contribution is 5.16. The Labute approximate surface area is 63.5 Å². The van der Waals surface area contributed by atoms with E-state index >= 15 is 0 Å². The Hall–Kier alpha value is -1.16. The fourth-order valence-corrected chi connectivity index (χ4v) is 0.594. The van der Waals surface area contributed by atoms with E-state index < -0.39 is 5.82 Å². The van der Waals surface area contributed by atoms with E-state index in [1.54, 1.807) is 0 Å². The summed E-state index contributed by atoms with van der Waals surface area (Å²) in [5.41, 5.74) is 0. The van der Waals surface area contributed by atoms with Crippen LogP contribution in [0.4, 0.5) is 4.39 Å². The Morgan fingerprint density at radius 2 is 2.55 bits per heavy atom. The predicted molar refractivity (Wildman–Crippen MR) is 35.6 cm³/mol. The van der Waals surface area contributed by atoms with E-state index in [-0.39, 0.29) is 13.2 Å². The molecule has 1 aromatic heterocycles. The van der Waals surface area contributed by atoms with Crippen LogP contribution in [0, 0.1) is 12.0 Å². The van der Waals surface area contributed by atoms with Crippen LogP contribution in [0.1, 0.15) is 0 Å². The van der Waals surface area contributed by atoms with Gasteiger partial charge in [0.1, 0.15) is 18.6 Å². The van der Waals surface area contributed by atoms with Crippen molar-refractivity contribution in [2.24, 2.45) is 0 Å². The molecule has 0 saturated carbocycles. The molecule has 3 nitrogen and oxygen atoms in total. The number of halogens is 1. The Balaban J connectivity index is 2.56. The predicted octanol–water partition coefficient (Wildman–Crippen LogP) is 0.392. The molecular formula is C7H7FNO2. The number of rotatable bonds is 3. The maximum Gasteiger partial charge on any atom is 0.154 e. The number of ether oxygens (including phenoxy) is 1. The second-order valence-corrected chi connectivity index (χ2v) is 1.84. The summed E-state index contributed by atoms with van der Waals surface area (Å²) in [7, 11) is 0. The zero-order valence-corrected chi connectivity index (χ0v) is 5.75. The van der Waals surface area contributed by atoms with Gasteiger partial charge in [0.2, 0.25) is 0 Å². The average Bonchev–Trinajstić information content (AvgIpc) is 2.01. The molecule has 0 aliphatic heterocycles. The number of aromatic nitrogens is 1. The number of aliphatic hydroxyl groups excluding tert-OH is 1. The van der Waals surface area contributed by atoms with Gasteiger partial charge in [-0.1, -0.05) is 0 Å². The first-order chi connectivity index (χ1) is 5.33. The van der Waals surface area contributed by atoms with Gasteiger partial charge in [-0.2, -0.15) is 0 Å². The second-order valence-electron chi connectivity index (χ2n) is 1.84. The lowest BCUT2D eigenvalue weighted by molar-refractivity contribution is 0.200. The van der Waals surface area contributed by atoms with Crippen molar-refractivity contribution in [1.82, 2.24) is 4.98 Å². The van der Waals surface area contributed by atoms with Crippen LogP contribution < -0.4 is 4.74 Å². The normalized spacial score (nSPS) is 9.64. The van der Waals surface area contributed by atoms with Gasteiger partial charge in [-0.3, -0.25) is 0 Å². The molecule has 0 spiro atoms. The number of hydrogen-bond acceptors (Lipinski definition) is 3. The molecule has 0 fully saturated rings. The molecule has 0 aliphatic carbocycles. The molecule has 4 heteroatoms. The summed E-state index contributed by atoms with van der Waals surface area (Å²) in [5.74, 6) is -0.268. The number of nitrogens with zero attached hydrogens (tertiary/aromatic N) is 1. The van der Waals surface area contributed by atoms with Gasteiger partial charge in [0.05, 0.1) is 12.8 Å². The van der Waals surface area contributed by atoms with Gasteiger partial charge < -0.3 is 9.84 Å². The van der Waals surface area contributed by atoms with Crippen molar-refractivity contribution < 1.29 is 14.2 Å². The van der Waals surface area contributed by atoms with E-state index in [0.29, 0.717) is 5.75 Å². The van der Waals surface area contributed by atoms with Crippen molar-refractivity contribution in [2.75, 3.05) is 13.2 Å². The number of aliphatic hydroxyl groups is 1. The van der Waals surface area contributed by atoms with Crippen LogP contribution in [0.3, 0.4) is 0 Å². The van der Waals surface area contributed by atoms with Crippen LogP contribution in [0.25, 0.3) is 0 Å². The maximum absolute atomic E-state index is 12.3. The Bertz CT molecular complexity index is 229. The van der Waals surface area contributed by atoms with Crippen LogP contribution in [0.15, 0.2) is 12.3 Å². The van der Waals surface area contributed by atoms with E-state index in [1.807, 2.05) is 0 Å². The third-order valence-electron chi connectivity index (χ3n) is 0.992. The van der Waals surface area contributed by atoms with Crippen molar-refractivity contribution in [3.63, 3.8) is 0 Å². The topological polar surface area (TPSA) is 42.4 Å². The van der Waals surface area contributed by atoms with E-state index in [1.165, 1.54) is 6.20 Å². The van der Waals surface area contributed by atoms with Crippen molar-refractivity contribution >= 4 is 0 Å². The van der Waals surface area contributed by atoms with Crippen molar-refractivity contribution in [3.05, 3.63) is 24.3 Å².